The summed E-state index contributed by atoms with van der Waals surface area (Å²) in [6.07, 6.45) is 2.66. The predicted octanol–water partition coefficient (Wildman–Crippen LogP) is 2.68. The van der Waals surface area contributed by atoms with Crippen LogP contribution in [0.3, 0.4) is 0 Å². The zero-order chi connectivity index (χ0) is 13.7. The molecule has 0 unspecified atom stereocenters. The van der Waals surface area contributed by atoms with Crippen LogP contribution in [-0.4, -0.2) is 16.5 Å². The molecule has 0 atom stereocenters. The first-order valence-electron chi connectivity index (χ1n) is 6.20. The lowest BCUT2D eigenvalue weighted by Gasteiger charge is -2.07. The maximum Gasteiger partial charge on any atom is 0.125 e. The largest absolute Gasteiger partial charge is 0.389 e. The molecule has 1 aromatic carbocycles. The van der Waals surface area contributed by atoms with Crippen LogP contribution in [0.1, 0.15) is 16.7 Å². The zero-order valence-electron chi connectivity index (χ0n) is 10.9. The molecule has 19 heavy (non-hydrogen) atoms. The van der Waals surface area contributed by atoms with Gasteiger partial charge in [0.15, 0.2) is 0 Å². The maximum atomic E-state index is 5.53. The van der Waals surface area contributed by atoms with E-state index in [9.17, 15) is 0 Å². The second-order valence-electron chi connectivity index (χ2n) is 4.46. The molecular weight excluding hydrogens is 254 g/mol. The highest BCUT2D eigenvalue weighted by atomic mass is 32.1. The Morgan fingerprint density at radius 3 is 2.79 bits per heavy atom. The molecule has 3 N–H and O–H groups in total. The summed E-state index contributed by atoms with van der Waals surface area (Å²) in [7, 11) is 0. The molecule has 0 bridgehead atoms. The summed E-state index contributed by atoms with van der Waals surface area (Å²) in [6.45, 7) is 2.95. The Hall–Kier alpha value is -1.94. The number of nitrogens with one attached hydrogen (secondary N) is 1. The van der Waals surface area contributed by atoms with E-state index < -0.39 is 0 Å². The molecule has 0 spiro atoms. The quantitative estimate of drug-likeness (QED) is 0.821. The summed E-state index contributed by atoms with van der Waals surface area (Å²) in [4.78, 5) is 4.64. The van der Waals surface area contributed by atoms with E-state index in [1.165, 1.54) is 11.1 Å². The van der Waals surface area contributed by atoms with E-state index in [4.69, 9.17) is 18.0 Å². The minimum atomic E-state index is 0.374. The molecule has 2 rings (SSSR count). The van der Waals surface area contributed by atoms with Crippen LogP contribution in [0.5, 0.6) is 0 Å². The molecule has 1 heterocycles. The minimum absolute atomic E-state index is 0.374. The van der Waals surface area contributed by atoms with Gasteiger partial charge in [-0.25, -0.2) is 4.98 Å². The molecule has 0 fully saturated rings. The SMILES string of the molecule is Cc1cccc(CCNc2ccc(C(N)=S)cn2)c1. The van der Waals surface area contributed by atoms with E-state index >= 15 is 0 Å². The molecule has 4 heteroatoms. The summed E-state index contributed by atoms with van der Waals surface area (Å²) >= 11 is 4.89. The Balaban J connectivity index is 1.87. The number of nitrogens with two attached hydrogens (primary N) is 1. The number of thiocarbonyl (C=S) groups is 1. The average molecular weight is 271 g/mol. The van der Waals surface area contributed by atoms with Gasteiger partial charge in [-0.15, -0.1) is 0 Å². The van der Waals surface area contributed by atoms with Gasteiger partial charge in [0, 0.05) is 18.3 Å². The average Bonchev–Trinajstić information content (AvgIpc) is 2.39. The first-order valence-corrected chi connectivity index (χ1v) is 6.61. The van der Waals surface area contributed by atoms with E-state index in [0.717, 1.165) is 24.3 Å². The fourth-order valence-electron chi connectivity index (χ4n) is 1.85. The smallest absolute Gasteiger partial charge is 0.125 e. The van der Waals surface area contributed by atoms with Crippen LogP contribution in [0.2, 0.25) is 0 Å². The maximum absolute atomic E-state index is 5.53. The number of anilines is 1. The molecule has 0 radical (unpaired) electrons. The van der Waals surface area contributed by atoms with Crippen molar-refractivity contribution in [2.75, 3.05) is 11.9 Å². The number of aromatic nitrogens is 1. The summed E-state index contributed by atoms with van der Waals surface area (Å²) in [5, 5.41) is 3.28. The monoisotopic (exact) mass is 271 g/mol. The van der Waals surface area contributed by atoms with Gasteiger partial charge in [0.05, 0.1) is 0 Å². The van der Waals surface area contributed by atoms with Crippen molar-refractivity contribution < 1.29 is 0 Å². The van der Waals surface area contributed by atoms with Crippen molar-refractivity contribution in [3.63, 3.8) is 0 Å². The van der Waals surface area contributed by atoms with Crippen LogP contribution < -0.4 is 11.1 Å². The van der Waals surface area contributed by atoms with Gasteiger partial charge in [0.25, 0.3) is 0 Å². The van der Waals surface area contributed by atoms with E-state index in [2.05, 4.69) is 41.5 Å². The van der Waals surface area contributed by atoms with Gasteiger partial charge in [0.2, 0.25) is 0 Å². The molecule has 0 aliphatic carbocycles. The highest BCUT2D eigenvalue weighted by Crippen LogP contribution is 2.07. The van der Waals surface area contributed by atoms with Crippen molar-refractivity contribution in [2.24, 2.45) is 5.73 Å². The van der Waals surface area contributed by atoms with Crippen LogP contribution in [0.4, 0.5) is 5.82 Å². The molecule has 1 aromatic heterocycles. The van der Waals surface area contributed by atoms with Gasteiger partial charge in [-0.3, -0.25) is 0 Å². The number of aryl methyl sites for hydroxylation is 1. The van der Waals surface area contributed by atoms with Gasteiger partial charge in [0.1, 0.15) is 10.8 Å². The first-order chi connectivity index (χ1) is 9.15. The summed E-state index contributed by atoms with van der Waals surface area (Å²) in [5.41, 5.74) is 8.93. The number of pyridine rings is 1. The fraction of sp³-hybridized carbons (Fsp3) is 0.200. The Bertz CT molecular complexity index is 564. The van der Waals surface area contributed by atoms with Gasteiger partial charge in [-0.05, 0) is 31.0 Å². The third-order valence-corrected chi connectivity index (χ3v) is 3.09. The molecule has 0 aliphatic rings. The zero-order valence-corrected chi connectivity index (χ0v) is 11.7. The molecule has 3 nitrogen and oxygen atoms in total. The molecule has 0 aliphatic heterocycles. The second-order valence-corrected chi connectivity index (χ2v) is 4.90. The Morgan fingerprint density at radius 2 is 2.16 bits per heavy atom. The van der Waals surface area contributed by atoms with Crippen molar-refractivity contribution in [3.05, 3.63) is 59.3 Å². The van der Waals surface area contributed by atoms with Crippen molar-refractivity contribution in [1.29, 1.82) is 0 Å². The Morgan fingerprint density at radius 1 is 1.32 bits per heavy atom. The number of nitrogens with zero attached hydrogens (tertiary/aromatic N) is 1. The fourth-order valence-corrected chi connectivity index (χ4v) is 1.97. The number of hydrogen-bond donors (Lipinski definition) is 2. The van der Waals surface area contributed by atoms with Gasteiger partial charge >= 0.3 is 0 Å². The molecule has 98 valence electrons. The van der Waals surface area contributed by atoms with Crippen molar-refractivity contribution in [3.8, 4) is 0 Å². The van der Waals surface area contributed by atoms with Crippen LogP contribution in [0, 0.1) is 6.92 Å². The highest BCUT2D eigenvalue weighted by Gasteiger charge is 1.98. The van der Waals surface area contributed by atoms with Gasteiger partial charge < -0.3 is 11.1 Å². The summed E-state index contributed by atoms with van der Waals surface area (Å²) < 4.78 is 0. The third kappa shape index (κ3) is 4.03. The Labute approximate surface area is 118 Å². The van der Waals surface area contributed by atoms with Crippen LogP contribution in [0.25, 0.3) is 0 Å². The van der Waals surface area contributed by atoms with Gasteiger partial charge in [-0.2, -0.15) is 0 Å². The van der Waals surface area contributed by atoms with Crippen molar-refractivity contribution in [1.82, 2.24) is 4.98 Å². The molecular formula is C15H17N3S. The lowest BCUT2D eigenvalue weighted by molar-refractivity contribution is 1.00. The van der Waals surface area contributed by atoms with E-state index in [-0.39, 0.29) is 0 Å². The van der Waals surface area contributed by atoms with Crippen molar-refractivity contribution >= 4 is 23.0 Å². The summed E-state index contributed by atoms with van der Waals surface area (Å²) in [6, 6.07) is 12.3. The van der Waals surface area contributed by atoms with Gasteiger partial charge in [-0.1, -0.05) is 42.0 Å². The lowest BCUT2D eigenvalue weighted by atomic mass is 10.1. The molecule has 0 amide bonds. The van der Waals surface area contributed by atoms with Crippen molar-refractivity contribution in [2.45, 2.75) is 13.3 Å². The normalized spacial score (nSPS) is 10.2. The Kier molecular flexibility index (Phi) is 4.47. The predicted molar refractivity (Wildman–Crippen MR) is 83.5 cm³/mol. The number of rotatable bonds is 5. The first kappa shape index (κ1) is 13.5. The van der Waals surface area contributed by atoms with Crippen LogP contribution >= 0.6 is 12.2 Å². The highest BCUT2D eigenvalue weighted by molar-refractivity contribution is 7.80. The minimum Gasteiger partial charge on any atom is -0.389 e. The second kappa shape index (κ2) is 6.29. The molecule has 2 aromatic rings. The number of benzene rings is 1. The van der Waals surface area contributed by atoms with E-state index in [1.54, 1.807) is 6.20 Å². The topological polar surface area (TPSA) is 50.9 Å². The molecule has 0 saturated carbocycles. The summed E-state index contributed by atoms with van der Waals surface area (Å²) in [5.74, 6) is 0.840. The number of hydrogen-bond acceptors (Lipinski definition) is 3. The third-order valence-electron chi connectivity index (χ3n) is 2.85. The standard InChI is InChI=1S/C15H17N3S/c1-11-3-2-4-12(9-11)7-8-17-14-6-5-13(10-18-14)15(16)19/h2-6,9-10H,7-8H2,1H3,(H2,16,19)(H,17,18). The van der Waals surface area contributed by atoms with Crippen LogP contribution in [0.15, 0.2) is 42.6 Å². The van der Waals surface area contributed by atoms with E-state index in [1.807, 2.05) is 12.1 Å². The molecule has 0 saturated heterocycles. The lowest BCUT2D eigenvalue weighted by Crippen LogP contribution is -2.11. The van der Waals surface area contributed by atoms with E-state index in [0.29, 0.717) is 4.99 Å². The van der Waals surface area contributed by atoms with Crippen LogP contribution in [-0.2, 0) is 6.42 Å².